The zero-order valence-corrected chi connectivity index (χ0v) is 14.2. The number of nitrogens with zero attached hydrogens (tertiary/aromatic N) is 2. The van der Waals surface area contributed by atoms with Gasteiger partial charge in [0.25, 0.3) is 0 Å². The molecule has 2 nitrogen and oxygen atoms in total. The summed E-state index contributed by atoms with van der Waals surface area (Å²) in [7, 11) is 0. The summed E-state index contributed by atoms with van der Waals surface area (Å²) in [5, 5.41) is 0.496. The Morgan fingerprint density at radius 3 is 2.77 bits per heavy atom. The van der Waals surface area contributed by atoms with Gasteiger partial charge in [-0.1, -0.05) is 68.7 Å². The Labute approximate surface area is 138 Å². The largest absolute Gasteiger partial charge is 0.336 e. The molecule has 0 aliphatic carbocycles. The van der Waals surface area contributed by atoms with Crippen molar-refractivity contribution in [3.8, 4) is 0 Å². The third-order valence-corrected chi connectivity index (χ3v) is 4.84. The van der Waals surface area contributed by atoms with Gasteiger partial charge in [0, 0.05) is 24.2 Å². The summed E-state index contributed by atoms with van der Waals surface area (Å²) >= 11 is 2.05. The molecular weight excluding hydrogens is 288 g/mol. The molecule has 0 spiro atoms. The average molecular weight is 314 g/mol. The van der Waals surface area contributed by atoms with Crippen LogP contribution in [0.5, 0.6) is 0 Å². The molecule has 3 heteroatoms. The van der Waals surface area contributed by atoms with Crippen LogP contribution in [0.3, 0.4) is 0 Å². The van der Waals surface area contributed by atoms with Crippen molar-refractivity contribution in [3.05, 3.63) is 60.7 Å². The van der Waals surface area contributed by atoms with Gasteiger partial charge in [-0.3, -0.25) is 0 Å². The maximum atomic E-state index is 4.14. The van der Waals surface area contributed by atoms with Crippen molar-refractivity contribution < 1.29 is 0 Å². The SMILES string of the molecule is CCCCCCSC(C=Cc1ccccc1)Cn1ccnc1. The number of rotatable bonds is 10. The molecule has 22 heavy (non-hydrogen) atoms. The zero-order chi connectivity index (χ0) is 15.5. The van der Waals surface area contributed by atoms with Crippen LogP contribution in [-0.4, -0.2) is 20.6 Å². The fraction of sp³-hybridized carbons (Fsp3) is 0.421. The van der Waals surface area contributed by atoms with Crippen LogP contribution in [0.1, 0.15) is 38.2 Å². The van der Waals surface area contributed by atoms with Crippen molar-refractivity contribution >= 4 is 17.8 Å². The number of imidazole rings is 1. The topological polar surface area (TPSA) is 17.8 Å². The first-order chi connectivity index (χ1) is 10.9. The molecule has 1 heterocycles. The molecule has 1 atom stereocenters. The van der Waals surface area contributed by atoms with Crippen LogP contribution in [0.2, 0.25) is 0 Å². The highest BCUT2D eigenvalue weighted by Crippen LogP contribution is 2.19. The van der Waals surface area contributed by atoms with Crippen molar-refractivity contribution in [2.75, 3.05) is 5.75 Å². The Kier molecular flexibility index (Phi) is 7.89. The van der Waals surface area contributed by atoms with Crippen molar-refractivity contribution in [2.24, 2.45) is 0 Å². The van der Waals surface area contributed by atoms with E-state index in [-0.39, 0.29) is 0 Å². The standard InChI is InChI=1S/C19H26N2S/c1-2-3-4-8-15-22-19(16-21-14-13-20-17-21)12-11-18-9-6-5-7-10-18/h5-7,9-14,17,19H,2-4,8,15-16H2,1H3. The minimum absolute atomic E-state index is 0.496. The lowest BCUT2D eigenvalue weighted by atomic mass is 10.2. The van der Waals surface area contributed by atoms with E-state index in [1.54, 1.807) is 0 Å². The Hall–Kier alpha value is -1.48. The number of thioether (sulfide) groups is 1. The van der Waals surface area contributed by atoms with Crippen LogP contribution in [0.4, 0.5) is 0 Å². The molecule has 2 rings (SSSR count). The molecule has 0 fully saturated rings. The predicted octanol–water partition coefficient (Wildman–Crippen LogP) is 5.28. The smallest absolute Gasteiger partial charge is 0.0946 e. The summed E-state index contributed by atoms with van der Waals surface area (Å²) in [6.45, 7) is 3.25. The minimum Gasteiger partial charge on any atom is -0.336 e. The molecule has 0 aliphatic heterocycles. The second-order valence-electron chi connectivity index (χ2n) is 5.50. The first-order valence-electron chi connectivity index (χ1n) is 8.19. The normalized spacial score (nSPS) is 12.8. The first kappa shape index (κ1) is 16.9. The predicted molar refractivity (Wildman–Crippen MR) is 98.1 cm³/mol. The van der Waals surface area contributed by atoms with Gasteiger partial charge in [0.2, 0.25) is 0 Å². The monoisotopic (exact) mass is 314 g/mol. The molecule has 0 bridgehead atoms. The van der Waals surface area contributed by atoms with Crippen molar-refractivity contribution in [1.82, 2.24) is 9.55 Å². The molecule has 0 aliphatic rings. The third-order valence-electron chi connectivity index (χ3n) is 3.58. The van der Waals surface area contributed by atoms with Gasteiger partial charge in [-0.15, -0.1) is 0 Å². The highest BCUT2D eigenvalue weighted by molar-refractivity contribution is 8.00. The van der Waals surface area contributed by atoms with E-state index in [0.717, 1.165) is 6.54 Å². The van der Waals surface area contributed by atoms with Crippen LogP contribution >= 0.6 is 11.8 Å². The minimum atomic E-state index is 0.496. The average Bonchev–Trinajstić information content (AvgIpc) is 3.06. The van der Waals surface area contributed by atoms with Gasteiger partial charge in [0.05, 0.1) is 6.33 Å². The van der Waals surface area contributed by atoms with Gasteiger partial charge in [0.1, 0.15) is 0 Å². The van der Waals surface area contributed by atoms with Crippen LogP contribution in [-0.2, 0) is 6.54 Å². The maximum absolute atomic E-state index is 4.14. The zero-order valence-electron chi connectivity index (χ0n) is 13.4. The maximum Gasteiger partial charge on any atom is 0.0946 e. The Balaban J connectivity index is 1.87. The summed E-state index contributed by atoms with van der Waals surface area (Å²) in [6, 6.07) is 10.5. The lowest BCUT2D eigenvalue weighted by Crippen LogP contribution is -2.10. The van der Waals surface area contributed by atoms with Gasteiger partial charge in [-0.05, 0) is 17.7 Å². The van der Waals surface area contributed by atoms with E-state index in [1.165, 1.54) is 37.0 Å². The number of aromatic nitrogens is 2. The van der Waals surface area contributed by atoms with Crippen molar-refractivity contribution in [3.63, 3.8) is 0 Å². The number of unbranched alkanes of at least 4 members (excludes halogenated alkanes) is 3. The molecule has 2 aromatic rings. The summed E-state index contributed by atoms with van der Waals surface area (Å²) in [4.78, 5) is 4.14. The molecule has 1 aromatic carbocycles. The van der Waals surface area contributed by atoms with E-state index < -0.39 is 0 Å². The lowest BCUT2D eigenvalue weighted by Gasteiger charge is -2.13. The Bertz CT molecular complexity index is 520. The molecular formula is C19H26N2S. The molecule has 0 radical (unpaired) electrons. The van der Waals surface area contributed by atoms with Crippen LogP contribution in [0.15, 0.2) is 55.1 Å². The first-order valence-corrected chi connectivity index (χ1v) is 9.24. The van der Waals surface area contributed by atoms with Crippen molar-refractivity contribution in [1.29, 1.82) is 0 Å². The molecule has 0 amide bonds. The summed E-state index contributed by atoms with van der Waals surface area (Å²) in [5.41, 5.74) is 1.27. The lowest BCUT2D eigenvalue weighted by molar-refractivity contribution is 0.700. The van der Waals surface area contributed by atoms with Gasteiger partial charge in [0.15, 0.2) is 0 Å². The molecule has 1 unspecified atom stereocenters. The number of hydrogen-bond acceptors (Lipinski definition) is 2. The van der Waals surface area contributed by atoms with Gasteiger partial charge < -0.3 is 4.57 Å². The Morgan fingerprint density at radius 1 is 1.18 bits per heavy atom. The van der Waals surface area contributed by atoms with Gasteiger partial charge >= 0.3 is 0 Å². The van der Waals surface area contributed by atoms with E-state index in [2.05, 4.69) is 70.7 Å². The molecule has 118 valence electrons. The van der Waals surface area contributed by atoms with Crippen LogP contribution < -0.4 is 0 Å². The summed E-state index contributed by atoms with van der Waals surface area (Å²) < 4.78 is 2.17. The van der Waals surface area contributed by atoms with E-state index >= 15 is 0 Å². The van der Waals surface area contributed by atoms with Gasteiger partial charge in [-0.2, -0.15) is 11.8 Å². The highest BCUT2D eigenvalue weighted by Gasteiger charge is 2.06. The second kappa shape index (κ2) is 10.3. The fourth-order valence-corrected chi connectivity index (χ4v) is 3.46. The summed E-state index contributed by atoms with van der Waals surface area (Å²) in [5.74, 6) is 1.23. The second-order valence-corrected chi connectivity index (χ2v) is 6.85. The van der Waals surface area contributed by atoms with Crippen LogP contribution in [0.25, 0.3) is 6.08 Å². The molecule has 0 N–H and O–H groups in total. The quantitative estimate of drug-likeness (QED) is 0.555. The number of hydrogen-bond donors (Lipinski definition) is 0. The molecule has 0 saturated carbocycles. The molecule has 1 aromatic heterocycles. The molecule has 0 saturated heterocycles. The number of benzene rings is 1. The van der Waals surface area contributed by atoms with E-state index in [9.17, 15) is 0 Å². The highest BCUT2D eigenvalue weighted by atomic mass is 32.2. The van der Waals surface area contributed by atoms with E-state index in [0.29, 0.717) is 5.25 Å². The van der Waals surface area contributed by atoms with Crippen LogP contribution in [0, 0.1) is 0 Å². The van der Waals surface area contributed by atoms with E-state index in [4.69, 9.17) is 0 Å². The van der Waals surface area contributed by atoms with Gasteiger partial charge in [-0.25, -0.2) is 4.98 Å². The fourth-order valence-electron chi connectivity index (χ4n) is 2.32. The van der Waals surface area contributed by atoms with Crippen molar-refractivity contribution in [2.45, 2.75) is 44.4 Å². The Morgan fingerprint density at radius 2 is 2.05 bits per heavy atom. The summed E-state index contributed by atoms with van der Waals surface area (Å²) in [6.07, 6.45) is 15.7. The van der Waals surface area contributed by atoms with E-state index in [1.807, 2.05) is 18.7 Å². The third kappa shape index (κ3) is 6.52.